The van der Waals surface area contributed by atoms with E-state index in [0.717, 1.165) is 0 Å². The molecule has 0 aromatic heterocycles. The minimum Gasteiger partial charge on any atom is -0.493 e. The predicted molar refractivity (Wildman–Crippen MR) is 81.1 cm³/mol. The van der Waals surface area contributed by atoms with E-state index in [1.54, 1.807) is 12.1 Å². The van der Waals surface area contributed by atoms with Crippen molar-refractivity contribution in [3.8, 4) is 5.75 Å². The molecule has 0 aliphatic carbocycles. The van der Waals surface area contributed by atoms with E-state index in [1.807, 2.05) is 0 Å². The van der Waals surface area contributed by atoms with Gasteiger partial charge in [0.15, 0.2) is 5.75 Å². The third kappa shape index (κ3) is 3.87. The lowest BCUT2D eigenvalue weighted by Crippen LogP contribution is -2.26. The molecule has 1 aliphatic heterocycles. The summed E-state index contributed by atoms with van der Waals surface area (Å²) in [7, 11) is -3.17. The van der Waals surface area contributed by atoms with Crippen LogP contribution in [0.1, 0.15) is 6.42 Å². The Morgan fingerprint density at radius 2 is 2.19 bits per heavy atom. The number of ether oxygens (including phenoxy) is 1. The van der Waals surface area contributed by atoms with Gasteiger partial charge in [0.2, 0.25) is 5.91 Å². The number of rotatable bonds is 4. The van der Waals surface area contributed by atoms with E-state index in [9.17, 15) is 17.1 Å². The zero-order valence-electron chi connectivity index (χ0n) is 11.0. The molecule has 2 rings (SSSR count). The molecule has 5 nitrogen and oxygen atoms in total. The first-order chi connectivity index (χ1) is 9.71. The van der Waals surface area contributed by atoms with Gasteiger partial charge in [-0.15, -0.1) is 3.89 Å². The Morgan fingerprint density at radius 3 is 2.76 bits per heavy atom. The van der Waals surface area contributed by atoms with Crippen molar-refractivity contribution in [1.29, 1.82) is 0 Å². The third-order valence-electron chi connectivity index (χ3n) is 3.12. The van der Waals surface area contributed by atoms with Crippen LogP contribution in [0.5, 0.6) is 5.75 Å². The molecule has 0 N–H and O–H groups in total. The summed E-state index contributed by atoms with van der Waals surface area (Å²) in [5.41, 5.74) is 0.431. The van der Waals surface area contributed by atoms with Crippen LogP contribution in [0, 0.1) is 5.92 Å². The number of halogens is 3. The minimum absolute atomic E-state index is 0.0313. The Morgan fingerprint density at radius 1 is 1.52 bits per heavy atom. The van der Waals surface area contributed by atoms with Gasteiger partial charge in [0, 0.05) is 23.9 Å². The first-order valence-corrected chi connectivity index (χ1v) is 8.69. The second-order valence-corrected chi connectivity index (χ2v) is 7.42. The van der Waals surface area contributed by atoms with Crippen molar-refractivity contribution in [2.24, 2.45) is 5.92 Å². The molecule has 1 atom stereocenters. The van der Waals surface area contributed by atoms with Crippen LogP contribution in [0.25, 0.3) is 0 Å². The van der Waals surface area contributed by atoms with Gasteiger partial charge in [-0.1, -0.05) is 11.6 Å². The van der Waals surface area contributed by atoms with Gasteiger partial charge in [0.05, 0.1) is 23.0 Å². The summed E-state index contributed by atoms with van der Waals surface area (Å²) < 4.78 is 40.0. The SMILES string of the molecule is COc1c(Br)cc(Cl)cc1N1CC(CS(=O)(=O)F)CC1=O. The van der Waals surface area contributed by atoms with Crippen molar-refractivity contribution < 1.29 is 21.8 Å². The molecule has 1 aromatic carbocycles. The van der Waals surface area contributed by atoms with Gasteiger partial charge in [-0.05, 0) is 28.1 Å². The van der Waals surface area contributed by atoms with E-state index < -0.39 is 21.9 Å². The van der Waals surface area contributed by atoms with E-state index in [2.05, 4.69) is 15.9 Å². The molecule has 0 spiro atoms. The third-order valence-corrected chi connectivity index (χ3v) is 4.80. The van der Waals surface area contributed by atoms with Crippen molar-refractivity contribution >= 4 is 49.3 Å². The smallest absolute Gasteiger partial charge is 0.302 e. The van der Waals surface area contributed by atoms with Crippen molar-refractivity contribution in [3.05, 3.63) is 21.6 Å². The molecular weight excluding hydrogens is 389 g/mol. The number of nitrogens with zero attached hydrogens (tertiary/aromatic N) is 1. The summed E-state index contributed by atoms with van der Waals surface area (Å²) in [6, 6.07) is 3.17. The molecule has 1 fully saturated rings. The Bertz CT molecular complexity index is 682. The highest BCUT2D eigenvalue weighted by atomic mass is 79.9. The highest BCUT2D eigenvalue weighted by Gasteiger charge is 2.35. The summed E-state index contributed by atoms with van der Waals surface area (Å²) >= 11 is 9.25. The minimum atomic E-state index is -4.61. The summed E-state index contributed by atoms with van der Waals surface area (Å²) in [6.07, 6.45) is -0.0313. The summed E-state index contributed by atoms with van der Waals surface area (Å²) in [4.78, 5) is 13.4. The van der Waals surface area contributed by atoms with E-state index in [0.29, 0.717) is 20.9 Å². The number of carbonyl (C=O) groups excluding carboxylic acids is 1. The molecular formula is C12H12BrClFNO4S. The number of carbonyl (C=O) groups is 1. The van der Waals surface area contributed by atoms with Gasteiger partial charge in [-0.3, -0.25) is 4.79 Å². The van der Waals surface area contributed by atoms with E-state index in [-0.39, 0.29) is 18.9 Å². The average molecular weight is 401 g/mol. The van der Waals surface area contributed by atoms with Crippen LogP contribution in [0.2, 0.25) is 5.02 Å². The van der Waals surface area contributed by atoms with Gasteiger partial charge in [-0.25, -0.2) is 0 Å². The van der Waals surface area contributed by atoms with Crippen LogP contribution in [0.4, 0.5) is 9.57 Å². The molecule has 116 valence electrons. The maximum Gasteiger partial charge on any atom is 0.302 e. The van der Waals surface area contributed by atoms with Crippen LogP contribution >= 0.6 is 27.5 Å². The lowest BCUT2D eigenvalue weighted by atomic mass is 10.1. The Hall–Kier alpha value is -0.860. The largest absolute Gasteiger partial charge is 0.493 e. The monoisotopic (exact) mass is 399 g/mol. The Kier molecular flexibility index (Phi) is 4.79. The van der Waals surface area contributed by atoms with E-state index in [1.165, 1.54) is 12.0 Å². The molecule has 1 saturated heterocycles. The lowest BCUT2D eigenvalue weighted by Gasteiger charge is -2.20. The molecule has 1 amide bonds. The molecule has 0 radical (unpaired) electrons. The lowest BCUT2D eigenvalue weighted by molar-refractivity contribution is -0.117. The molecule has 9 heteroatoms. The first-order valence-electron chi connectivity index (χ1n) is 5.97. The standard InChI is InChI=1S/C12H12BrClFNO4S/c1-20-12-9(13)3-8(14)4-10(12)16-5-7(2-11(16)17)6-21(15,18)19/h3-4,7H,2,5-6H2,1H3. The fourth-order valence-electron chi connectivity index (χ4n) is 2.36. The quantitative estimate of drug-likeness (QED) is 0.729. The van der Waals surface area contributed by atoms with Gasteiger partial charge in [0.1, 0.15) is 0 Å². The number of methoxy groups -OCH3 is 1. The van der Waals surface area contributed by atoms with Crippen molar-refractivity contribution in [2.75, 3.05) is 24.3 Å². The zero-order chi connectivity index (χ0) is 15.8. The molecule has 1 heterocycles. The Labute approximate surface area is 135 Å². The second kappa shape index (κ2) is 6.10. The number of benzene rings is 1. The fourth-order valence-corrected chi connectivity index (χ4v) is 4.10. The second-order valence-electron chi connectivity index (χ2n) is 4.72. The van der Waals surface area contributed by atoms with Gasteiger partial charge >= 0.3 is 10.2 Å². The average Bonchev–Trinajstić information content (AvgIpc) is 2.66. The van der Waals surface area contributed by atoms with Crippen LogP contribution < -0.4 is 9.64 Å². The van der Waals surface area contributed by atoms with Crippen LogP contribution in [-0.2, 0) is 15.0 Å². The fraction of sp³-hybridized carbons (Fsp3) is 0.417. The summed E-state index contributed by atoms with van der Waals surface area (Å²) in [6.45, 7) is 0.102. The zero-order valence-corrected chi connectivity index (χ0v) is 14.1. The summed E-state index contributed by atoms with van der Waals surface area (Å²) in [5, 5.41) is 0.395. The maximum absolute atomic E-state index is 12.8. The number of anilines is 1. The van der Waals surface area contributed by atoms with Crippen molar-refractivity contribution in [1.82, 2.24) is 0 Å². The van der Waals surface area contributed by atoms with Crippen LogP contribution in [0.15, 0.2) is 16.6 Å². The molecule has 1 aromatic rings. The van der Waals surface area contributed by atoms with Crippen molar-refractivity contribution in [2.45, 2.75) is 6.42 Å². The molecule has 21 heavy (non-hydrogen) atoms. The molecule has 1 aliphatic rings. The van der Waals surface area contributed by atoms with Gasteiger partial charge in [0.25, 0.3) is 0 Å². The van der Waals surface area contributed by atoms with E-state index in [4.69, 9.17) is 16.3 Å². The predicted octanol–water partition coefficient (Wildman–Crippen LogP) is 2.76. The van der Waals surface area contributed by atoms with Crippen molar-refractivity contribution in [3.63, 3.8) is 0 Å². The summed E-state index contributed by atoms with van der Waals surface area (Å²) in [5.74, 6) is -1.14. The number of hydrogen-bond acceptors (Lipinski definition) is 4. The van der Waals surface area contributed by atoms with Gasteiger partial charge in [-0.2, -0.15) is 8.42 Å². The molecule has 0 saturated carbocycles. The van der Waals surface area contributed by atoms with Gasteiger partial charge < -0.3 is 9.64 Å². The van der Waals surface area contributed by atoms with Crippen LogP contribution in [0.3, 0.4) is 0 Å². The molecule has 0 bridgehead atoms. The van der Waals surface area contributed by atoms with Crippen LogP contribution in [-0.4, -0.2) is 33.7 Å². The number of hydrogen-bond donors (Lipinski definition) is 0. The highest BCUT2D eigenvalue weighted by molar-refractivity contribution is 9.10. The Balaban J connectivity index is 2.33. The maximum atomic E-state index is 12.8. The first kappa shape index (κ1) is 16.5. The normalized spacial score (nSPS) is 19.1. The van der Waals surface area contributed by atoms with E-state index >= 15 is 0 Å². The number of amides is 1. The molecule has 1 unspecified atom stereocenters. The highest BCUT2D eigenvalue weighted by Crippen LogP contribution is 2.40. The topological polar surface area (TPSA) is 63.7 Å².